The van der Waals surface area contributed by atoms with Crippen molar-refractivity contribution in [3.05, 3.63) is 77.7 Å². The quantitative estimate of drug-likeness (QED) is 0.392. The molecular formula is C25H22N6O3S. The molecular weight excluding hydrogens is 464 g/mol. The van der Waals surface area contributed by atoms with Gasteiger partial charge < -0.3 is 10.3 Å². The van der Waals surface area contributed by atoms with Crippen molar-refractivity contribution in [3.8, 4) is 6.07 Å². The van der Waals surface area contributed by atoms with Crippen molar-refractivity contribution in [1.29, 1.82) is 5.26 Å². The Morgan fingerprint density at radius 2 is 1.89 bits per heavy atom. The number of fused-ring (bicyclic) bond motifs is 1. The van der Waals surface area contributed by atoms with Gasteiger partial charge in [-0.15, -0.1) is 0 Å². The summed E-state index contributed by atoms with van der Waals surface area (Å²) in [5.74, 6) is -0.0909. The monoisotopic (exact) mass is 486 g/mol. The van der Waals surface area contributed by atoms with Crippen LogP contribution in [0.2, 0.25) is 0 Å². The summed E-state index contributed by atoms with van der Waals surface area (Å²) in [6, 6.07) is 14.3. The van der Waals surface area contributed by atoms with Gasteiger partial charge in [-0.3, -0.25) is 9.52 Å². The average molecular weight is 487 g/mol. The third-order valence-electron chi connectivity index (χ3n) is 6.28. The van der Waals surface area contributed by atoms with Gasteiger partial charge in [0, 0.05) is 23.5 Å². The number of nitrogens with one attached hydrogen (secondary N) is 1. The van der Waals surface area contributed by atoms with Crippen LogP contribution in [0.3, 0.4) is 0 Å². The molecule has 0 bridgehead atoms. The van der Waals surface area contributed by atoms with Gasteiger partial charge in [-0.2, -0.15) is 5.26 Å². The van der Waals surface area contributed by atoms with E-state index in [2.05, 4.69) is 14.7 Å². The average Bonchev–Trinajstić information content (AvgIpc) is 3.52. The first-order valence-electron chi connectivity index (χ1n) is 11.2. The number of carbonyl (C=O) groups excluding carboxylic acids is 1. The first-order chi connectivity index (χ1) is 16.9. The van der Waals surface area contributed by atoms with Crippen LogP contribution in [-0.4, -0.2) is 28.7 Å². The molecule has 2 aromatic heterocycles. The van der Waals surface area contributed by atoms with E-state index in [4.69, 9.17) is 5.73 Å². The molecule has 0 amide bonds. The third kappa shape index (κ3) is 4.11. The van der Waals surface area contributed by atoms with Gasteiger partial charge in [0.1, 0.15) is 28.8 Å². The van der Waals surface area contributed by atoms with Gasteiger partial charge in [0.2, 0.25) is 0 Å². The number of aromatic nitrogens is 3. The Balaban J connectivity index is 1.52. The highest BCUT2D eigenvalue weighted by atomic mass is 32.2. The molecule has 0 aliphatic heterocycles. The summed E-state index contributed by atoms with van der Waals surface area (Å²) in [7, 11) is -4.04. The normalized spacial score (nSPS) is 14.1. The van der Waals surface area contributed by atoms with E-state index in [0.717, 1.165) is 25.7 Å². The van der Waals surface area contributed by atoms with Gasteiger partial charge in [-0.1, -0.05) is 37.1 Å². The lowest BCUT2D eigenvalue weighted by Gasteiger charge is -2.12. The fourth-order valence-electron chi connectivity index (χ4n) is 4.62. The van der Waals surface area contributed by atoms with E-state index < -0.39 is 10.0 Å². The van der Waals surface area contributed by atoms with Crippen molar-refractivity contribution in [2.75, 3.05) is 10.5 Å². The van der Waals surface area contributed by atoms with E-state index in [-0.39, 0.29) is 39.4 Å². The van der Waals surface area contributed by atoms with Gasteiger partial charge in [-0.25, -0.2) is 18.4 Å². The highest BCUT2D eigenvalue weighted by Gasteiger charge is 2.26. The molecule has 5 rings (SSSR count). The van der Waals surface area contributed by atoms with Gasteiger partial charge in [0.05, 0.1) is 16.5 Å². The van der Waals surface area contributed by atoms with Gasteiger partial charge >= 0.3 is 0 Å². The van der Waals surface area contributed by atoms with Crippen molar-refractivity contribution in [3.63, 3.8) is 0 Å². The molecule has 176 valence electrons. The Labute approximate surface area is 202 Å². The van der Waals surface area contributed by atoms with E-state index in [1.807, 2.05) is 10.6 Å². The number of ketones is 1. The number of hydrogen-bond acceptors (Lipinski definition) is 7. The number of benzene rings is 2. The van der Waals surface area contributed by atoms with Crippen LogP contribution in [0.1, 0.15) is 53.2 Å². The molecule has 0 spiro atoms. The predicted molar refractivity (Wildman–Crippen MR) is 131 cm³/mol. The molecule has 1 aliphatic carbocycles. The summed E-state index contributed by atoms with van der Waals surface area (Å²) >= 11 is 0. The van der Waals surface area contributed by atoms with Crippen LogP contribution in [0.4, 0.5) is 11.5 Å². The fourth-order valence-corrected chi connectivity index (χ4v) is 5.83. The molecule has 0 unspecified atom stereocenters. The topological polar surface area (TPSA) is 144 Å². The Morgan fingerprint density at radius 1 is 1.11 bits per heavy atom. The number of hydrogen-bond donors (Lipinski definition) is 2. The molecule has 35 heavy (non-hydrogen) atoms. The maximum absolute atomic E-state index is 13.6. The molecule has 0 atom stereocenters. The number of nitrogen functional groups attached to an aromatic ring is 1. The number of nitrogens with two attached hydrogens (primary N) is 1. The highest BCUT2D eigenvalue weighted by Crippen LogP contribution is 2.35. The van der Waals surface area contributed by atoms with Crippen molar-refractivity contribution >= 4 is 38.3 Å². The zero-order valence-electron chi connectivity index (χ0n) is 18.7. The molecule has 0 saturated heterocycles. The maximum atomic E-state index is 13.6. The fraction of sp³-hybridized carbons (Fsp3) is 0.200. The number of nitriles is 1. The van der Waals surface area contributed by atoms with E-state index in [1.165, 1.54) is 24.5 Å². The van der Waals surface area contributed by atoms with Crippen molar-refractivity contribution in [2.24, 2.45) is 0 Å². The lowest BCUT2D eigenvalue weighted by molar-refractivity contribution is 0.104. The molecule has 4 aromatic rings. The summed E-state index contributed by atoms with van der Waals surface area (Å²) in [4.78, 5) is 21.9. The predicted octanol–water partition coefficient (Wildman–Crippen LogP) is 4.03. The van der Waals surface area contributed by atoms with Crippen molar-refractivity contribution in [1.82, 2.24) is 14.5 Å². The maximum Gasteiger partial charge on any atom is 0.263 e. The van der Waals surface area contributed by atoms with Crippen LogP contribution < -0.4 is 10.5 Å². The summed E-state index contributed by atoms with van der Waals surface area (Å²) in [6.45, 7) is 0. The Hall–Kier alpha value is -4.23. The molecule has 9 nitrogen and oxygen atoms in total. The summed E-state index contributed by atoms with van der Waals surface area (Å²) < 4.78 is 30.3. The van der Waals surface area contributed by atoms with Crippen LogP contribution >= 0.6 is 0 Å². The number of carbonyl (C=O) groups is 1. The van der Waals surface area contributed by atoms with Crippen LogP contribution in [0.15, 0.2) is 66.0 Å². The minimum atomic E-state index is -4.04. The van der Waals surface area contributed by atoms with Crippen LogP contribution in [0, 0.1) is 11.3 Å². The zero-order valence-corrected chi connectivity index (χ0v) is 19.5. The van der Waals surface area contributed by atoms with Gasteiger partial charge in [0.15, 0.2) is 5.78 Å². The van der Waals surface area contributed by atoms with E-state index in [9.17, 15) is 18.5 Å². The molecule has 1 aliphatic rings. The second-order valence-corrected chi connectivity index (χ2v) is 10.1. The van der Waals surface area contributed by atoms with Gasteiger partial charge in [-0.05, 0) is 37.1 Å². The Bertz CT molecular complexity index is 1600. The van der Waals surface area contributed by atoms with Crippen LogP contribution in [-0.2, 0) is 10.0 Å². The number of sulfonamides is 1. The first-order valence-corrected chi connectivity index (χ1v) is 12.6. The Kier molecular flexibility index (Phi) is 5.70. The minimum absolute atomic E-state index is 0.0300. The minimum Gasteiger partial charge on any atom is -0.383 e. The van der Waals surface area contributed by atoms with Crippen molar-refractivity contribution in [2.45, 2.75) is 36.6 Å². The van der Waals surface area contributed by atoms with E-state index in [1.54, 1.807) is 36.5 Å². The smallest absolute Gasteiger partial charge is 0.263 e. The summed E-state index contributed by atoms with van der Waals surface area (Å²) in [5.41, 5.74) is 7.67. The highest BCUT2D eigenvalue weighted by molar-refractivity contribution is 7.92. The molecule has 2 aromatic carbocycles. The first kappa shape index (κ1) is 22.6. The van der Waals surface area contributed by atoms with Crippen LogP contribution in [0.25, 0.3) is 11.0 Å². The van der Waals surface area contributed by atoms with Gasteiger partial charge in [0.25, 0.3) is 10.0 Å². The number of rotatable bonds is 6. The van der Waals surface area contributed by atoms with E-state index >= 15 is 0 Å². The number of nitrogens with zero attached hydrogens (tertiary/aromatic N) is 4. The second-order valence-electron chi connectivity index (χ2n) is 8.47. The standard InChI is InChI=1S/C25H22N6O3S/c26-13-17-6-1-4-11-21(17)35(33,34)30-18-8-5-7-16(12-18)23(32)20-14-31(19-9-2-3-10-19)25-22(20)24(27)28-15-29-25/h1,4-8,11-12,14-15,19,30H,2-3,9-10H2,(H2,27,28,29). The van der Waals surface area contributed by atoms with Crippen LogP contribution in [0.5, 0.6) is 0 Å². The molecule has 0 radical (unpaired) electrons. The lowest BCUT2D eigenvalue weighted by atomic mass is 10.0. The molecule has 2 heterocycles. The molecule has 1 saturated carbocycles. The zero-order chi connectivity index (χ0) is 24.6. The van der Waals surface area contributed by atoms with E-state index in [0.29, 0.717) is 16.6 Å². The molecule has 10 heteroatoms. The molecule has 1 fully saturated rings. The molecule has 3 N–H and O–H groups in total. The number of anilines is 2. The summed E-state index contributed by atoms with van der Waals surface area (Å²) in [5, 5.41) is 9.77. The summed E-state index contributed by atoms with van der Waals surface area (Å²) in [6.07, 6.45) is 7.42. The van der Waals surface area contributed by atoms with Crippen molar-refractivity contribution < 1.29 is 13.2 Å². The lowest BCUT2D eigenvalue weighted by Crippen LogP contribution is -2.15. The second kappa shape index (κ2) is 8.85. The third-order valence-corrected chi connectivity index (χ3v) is 7.71. The SMILES string of the molecule is N#Cc1ccccc1S(=O)(=O)Nc1cccc(C(=O)c2cn(C3CCCC3)c3ncnc(N)c23)c1. The Morgan fingerprint density at radius 3 is 2.66 bits per heavy atom. The largest absolute Gasteiger partial charge is 0.383 e.